The molecule has 0 bridgehead atoms. The van der Waals surface area contributed by atoms with Gasteiger partial charge in [0.1, 0.15) is 5.75 Å². The van der Waals surface area contributed by atoms with E-state index >= 15 is 0 Å². The van der Waals surface area contributed by atoms with Gasteiger partial charge in [-0.25, -0.2) is 0 Å². The molecule has 1 aliphatic heterocycles. The number of ether oxygens (including phenoxy) is 1. The van der Waals surface area contributed by atoms with E-state index in [4.69, 9.17) is 4.74 Å². The van der Waals surface area contributed by atoms with E-state index in [9.17, 15) is 4.79 Å². The number of carbonyl (C=O) groups is 1. The molecule has 0 fully saturated rings. The largest absolute Gasteiger partial charge is 0.493 e. The molecule has 0 atom stereocenters. The Morgan fingerprint density at radius 2 is 2.23 bits per heavy atom. The summed E-state index contributed by atoms with van der Waals surface area (Å²) < 4.78 is 5.39. The van der Waals surface area contributed by atoms with Gasteiger partial charge in [-0.3, -0.25) is 4.79 Å². The van der Waals surface area contributed by atoms with Crippen LogP contribution < -0.4 is 4.74 Å². The monoisotopic (exact) mass is 176 g/mol. The number of hydrogen-bond acceptors (Lipinski definition) is 2. The van der Waals surface area contributed by atoms with Crippen LogP contribution >= 0.6 is 0 Å². The molecule has 0 N–H and O–H groups in total. The molecule has 2 rings (SSSR count). The van der Waals surface area contributed by atoms with Gasteiger partial charge in [-0.1, -0.05) is 6.07 Å². The first kappa shape index (κ1) is 8.30. The van der Waals surface area contributed by atoms with E-state index in [1.165, 1.54) is 0 Å². The third kappa shape index (κ3) is 1.22. The molecule has 0 spiro atoms. The van der Waals surface area contributed by atoms with Gasteiger partial charge in [0.2, 0.25) is 0 Å². The number of ketones is 1. The van der Waals surface area contributed by atoms with Crippen molar-refractivity contribution in [3.05, 3.63) is 28.8 Å². The second kappa shape index (κ2) is 2.87. The zero-order valence-electron chi connectivity index (χ0n) is 7.89. The van der Waals surface area contributed by atoms with Gasteiger partial charge >= 0.3 is 0 Å². The highest BCUT2D eigenvalue weighted by atomic mass is 16.5. The third-order valence-electron chi connectivity index (χ3n) is 2.44. The van der Waals surface area contributed by atoms with Crippen LogP contribution in [0.5, 0.6) is 5.75 Å². The van der Waals surface area contributed by atoms with Crippen molar-refractivity contribution in [3.63, 3.8) is 0 Å². The predicted octanol–water partition coefficient (Wildman–Crippen LogP) is 2.13. The van der Waals surface area contributed by atoms with Crippen LogP contribution in [-0.2, 0) is 6.42 Å². The quantitative estimate of drug-likeness (QED) is 0.613. The zero-order valence-corrected chi connectivity index (χ0v) is 7.89. The lowest BCUT2D eigenvalue weighted by molar-refractivity contribution is 0.101. The van der Waals surface area contributed by atoms with Crippen LogP contribution in [0.3, 0.4) is 0 Å². The molecular weight excluding hydrogens is 164 g/mol. The van der Waals surface area contributed by atoms with Gasteiger partial charge in [0.25, 0.3) is 0 Å². The van der Waals surface area contributed by atoms with Crippen LogP contribution in [0.4, 0.5) is 0 Å². The van der Waals surface area contributed by atoms with Gasteiger partial charge in [0.05, 0.1) is 6.61 Å². The summed E-state index contributed by atoms with van der Waals surface area (Å²) in [6.07, 6.45) is 0.867. The molecule has 2 heteroatoms. The van der Waals surface area contributed by atoms with Gasteiger partial charge < -0.3 is 4.74 Å². The maximum atomic E-state index is 11.4. The Balaban J connectivity index is 2.65. The second-order valence-electron chi connectivity index (χ2n) is 3.39. The molecular formula is C11H12O2. The molecule has 68 valence electrons. The maximum absolute atomic E-state index is 11.4. The van der Waals surface area contributed by atoms with Gasteiger partial charge in [0, 0.05) is 17.5 Å². The van der Waals surface area contributed by atoms with Gasteiger partial charge in [0.15, 0.2) is 5.78 Å². The lowest BCUT2D eigenvalue weighted by Crippen LogP contribution is -2.00. The van der Waals surface area contributed by atoms with E-state index in [1.807, 2.05) is 19.1 Å². The van der Waals surface area contributed by atoms with Crippen molar-refractivity contribution in [2.75, 3.05) is 6.61 Å². The normalized spacial score (nSPS) is 13.7. The van der Waals surface area contributed by atoms with Crippen LogP contribution in [0, 0.1) is 6.92 Å². The number of rotatable bonds is 1. The minimum Gasteiger partial charge on any atom is -0.493 e. The fourth-order valence-corrected chi connectivity index (χ4v) is 1.88. The first-order chi connectivity index (χ1) is 6.20. The van der Waals surface area contributed by atoms with E-state index in [0.29, 0.717) is 6.61 Å². The van der Waals surface area contributed by atoms with Crippen molar-refractivity contribution in [2.45, 2.75) is 20.3 Å². The number of hydrogen-bond donors (Lipinski definition) is 0. The smallest absolute Gasteiger partial charge is 0.160 e. The van der Waals surface area contributed by atoms with Gasteiger partial charge in [-0.2, -0.15) is 0 Å². The minimum absolute atomic E-state index is 0.139. The molecule has 0 aliphatic carbocycles. The van der Waals surface area contributed by atoms with Gasteiger partial charge in [-0.05, 0) is 25.5 Å². The zero-order chi connectivity index (χ0) is 9.42. The Labute approximate surface area is 77.5 Å². The Kier molecular flexibility index (Phi) is 1.83. The average Bonchev–Trinajstić information content (AvgIpc) is 2.50. The Morgan fingerprint density at radius 3 is 2.92 bits per heavy atom. The summed E-state index contributed by atoms with van der Waals surface area (Å²) in [5.41, 5.74) is 3.00. The van der Waals surface area contributed by atoms with Crippen molar-refractivity contribution in [2.24, 2.45) is 0 Å². The average molecular weight is 176 g/mol. The molecule has 1 aromatic rings. The molecule has 0 amide bonds. The van der Waals surface area contributed by atoms with Crippen molar-refractivity contribution in [1.82, 2.24) is 0 Å². The molecule has 1 aliphatic rings. The minimum atomic E-state index is 0.139. The lowest BCUT2D eigenvalue weighted by atomic mass is 9.97. The molecule has 0 saturated heterocycles. The molecule has 13 heavy (non-hydrogen) atoms. The van der Waals surface area contributed by atoms with E-state index in [-0.39, 0.29) is 5.78 Å². The number of Topliss-reactive ketones (excluding diaryl/α,β-unsaturated/α-hetero) is 1. The van der Waals surface area contributed by atoms with Crippen LogP contribution in [-0.4, -0.2) is 12.4 Å². The van der Waals surface area contributed by atoms with E-state index in [2.05, 4.69) is 0 Å². The molecule has 0 unspecified atom stereocenters. The molecule has 1 aromatic carbocycles. The fourth-order valence-electron chi connectivity index (χ4n) is 1.88. The molecule has 0 aromatic heterocycles. The van der Waals surface area contributed by atoms with Crippen LogP contribution in [0.2, 0.25) is 0 Å². The van der Waals surface area contributed by atoms with Crippen LogP contribution in [0.25, 0.3) is 0 Å². The highest BCUT2D eigenvalue weighted by Gasteiger charge is 2.19. The van der Waals surface area contributed by atoms with Crippen molar-refractivity contribution in [1.29, 1.82) is 0 Å². The van der Waals surface area contributed by atoms with Crippen molar-refractivity contribution in [3.8, 4) is 5.75 Å². The lowest BCUT2D eigenvalue weighted by Gasteiger charge is -2.06. The summed E-state index contributed by atoms with van der Waals surface area (Å²) in [6, 6.07) is 3.89. The maximum Gasteiger partial charge on any atom is 0.160 e. The van der Waals surface area contributed by atoms with Gasteiger partial charge in [-0.15, -0.1) is 0 Å². The first-order valence-corrected chi connectivity index (χ1v) is 4.46. The number of carbonyl (C=O) groups excluding carboxylic acids is 1. The molecule has 1 heterocycles. The number of fused-ring (bicyclic) bond motifs is 1. The molecule has 0 radical (unpaired) electrons. The highest BCUT2D eigenvalue weighted by Crippen LogP contribution is 2.30. The summed E-state index contributed by atoms with van der Waals surface area (Å²) in [5, 5.41) is 0. The van der Waals surface area contributed by atoms with Crippen molar-refractivity contribution >= 4 is 5.78 Å². The highest BCUT2D eigenvalue weighted by molar-refractivity contribution is 5.97. The fraction of sp³-hybridized carbons (Fsp3) is 0.364. The van der Waals surface area contributed by atoms with Crippen LogP contribution in [0.1, 0.15) is 28.4 Å². The van der Waals surface area contributed by atoms with Crippen LogP contribution in [0.15, 0.2) is 12.1 Å². The molecule has 2 nitrogen and oxygen atoms in total. The second-order valence-corrected chi connectivity index (χ2v) is 3.39. The topological polar surface area (TPSA) is 26.3 Å². The summed E-state index contributed by atoms with van der Waals surface area (Å²) in [5.74, 6) is 1.02. The predicted molar refractivity (Wildman–Crippen MR) is 50.4 cm³/mol. The molecule has 0 saturated carbocycles. The Bertz CT molecular complexity index is 367. The summed E-state index contributed by atoms with van der Waals surface area (Å²) in [6.45, 7) is 4.29. The Hall–Kier alpha value is -1.31. The third-order valence-corrected chi connectivity index (χ3v) is 2.44. The number of aryl methyl sites for hydroxylation is 1. The van der Waals surface area contributed by atoms with Crippen molar-refractivity contribution < 1.29 is 9.53 Å². The van der Waals surface area contributed by atoms with E-state index < -0.39 is 0 Å². The summed E-state index contributed by atoms with van der Waals surface area (Å²) >= 11 is 0. The van der Waals surface area contributed by atoms with E-state index in [1.54, 1.807) is 6.92 Å². The first-order valence-electron chi connectivity index (χ1n) is 4.46. The van der Waals surface area contributed by atoms with E-state index in [0.717, 1.165) is 28.9 Å². The standard InChI is InChI=1S/C11H12O2/c1-7-3-4-10-9(5-6-13-10)11(7)8(2)12/h3-4H,5-6H2,1-2H3. The Morgan fingerprint density at radius 1 is 1.46 bits per heavy atom. The number of benzene rings is 1. The SMILES string of the molecule is CC(=O)c1c(C)ccc2c1CCO2. The summed E-state index contributed by atoms with van der Waals surface area (Å²) in [7, 11) is 0. The summed E-state index contributed by atoms with van der Waals surface area (Å²) in [4.78, 5) is 11.4.